The Labute approximate surface area is 160 Å². The largest absolute Gasteiger partial charge is 0.450 e. The lowest BCUT2D eigenvalue weighted by atomic mass is 10.1. The molecule has 0 aliphatic heterocycles. The summed E-state index contributed by atoms with van der Waals surface area (Å²) < 4.78 is 4.82. The second kappa shape index (κ2) is 9.62. The van der Waals surface area contributed by atoms with Crippen LogP contribution in [0.25, 0.3) is 0 Å². The minimum absolute atomic E-state index is 0.207. The second-order valence-corrected chi connectivity index (χ2v) is 6.30. The molecule has 0 heterocycles. The number of nitrogens with zero attached hydrogens (tertiary/aromatic N) is 1. The number of anilines is 3. The Balaban J connectivity index is 1.99. The molecular weight excluding hydrogens is 342 g/mol. The van der Waals surface area contributed by atoms with Crippen molar-refractivity contribution in [2.75, 3.05) is 28.7 Å². The van der Waals surface area contributed by atoms with E-state index in [1.165, 1.54) is 0 Å². The molecule has 0 unspecified atom stereocenters. The topological polar surface area (TPSA) is 70.7 Å². The van der Waals surface area contributed by atoms with Gasteiger partial charge in [-0.3, -0.25) is 10.1 Å². The van der Waals surface area contributed by atoms with Crippen molar-refractivity contribution in [3.63, 3.8) is 0 Å². The number of carbonyl (C=O) groups is 2. The monoisotopic (exact) mass is 369 g/mol. The molecule has 0 bridgehead atoms. The third-order valence-electron chi connectivity index (χ3n) is 4.09. The summed E-state index contributed by atoms with van der Waals surface area (Å²) in [5.74, 6) is -0.207. The zero-order chi connectivity index (χ0) is 19.8. The van der Waals surface area contributed by atoms with Crippen molar-refractivity contribution in [3.05, 3.63) is 54.1 Å². The maximum Gasteiger partial charge on any atom is 0.411 e. The summed E-state index contributed by atoms with van der Waals surface area (Å²) in [6.45, 7) is 9.39. The van der Waals surface area contributed by atoms with Gasteiger partial charge in [-0.25, -0.2) is 4.79 Å². The number of hydrogen-bond donors (Lipinski definition) is 2. The smallest absolute Gasteiger partial charge is 0.411 e. The molecule has 0 aromatic heterocycles. The van der Waals surface area contributed by atoms with Crippen LogP contribution in [0.2, 0.25) is 0 Å². The van der Waals surface area contributed by atoms with E-state index in [2.05, 4.69) is 36.3 Å². The van der Waals surface area contributed by atoms with Gasteiger partial charge in [-0.2, -0.15) is 0 Å². The predicted molar refractivity (Wildman–Crippen MR) is 110 cm³/mol. The highest BCUT2D eigenvalue weighted by Gasteiger charge is 2.10. The average molecular weight is 369 g/mol. The first-order chi connectivity index (χ1) is 12.9. The summed E-state index contributed by atoms with van der Waals surface area (Å²) in [4.78, 5) is 26.1. The van der Waals surface area contributed by atoms with Crippen LogP contribution in [-0.2, 0) is 4.74 Å². The molecule has 0 aliphatic rings. The predicted octanol–water partition coefficient (Wildman–Crippen LogP) is 4.74. The number of carbonyl (C=O) groups excluding carboxylic acids is 2. The Hall–Kier alpha value is -3.02. The Morgan fingerprint density at radius 2 is 1.48 bits per heavy atom. The van der Waals surface area contributed by atoms with Crippen LogP contribution in [0, 0.1) is 0 Å². The second-order valence-electron chi connectivity index (χ2n) is 6.30. The van der Waals surface area contributed by atoms with Gasteiger partial charge in [0.1, 0.15) is 0 Å². The molecular formula is C21H27N3O3. The number of nitrogens with one attached hydrogen (secondary N) is 2. The Morgan fingerprint density at radius 1 is 0.926 bits per heavy atom. The van der Waals surface area contributed by atoms with E-state index in [0.29, 0.717) is 23.9 Å². The van der Waals surface area contributed by atoms with Crippen LogP contribution in [0.3, 0.4) is 0 Å². The molecule has 2 aromatic rings. The summed E-state index contributed by atoms with van der Waals surface area (Å²) in [5.41, 5.74) is 2.94. The molecule has 0 saturated heterocycles. The van der Waals surface area contributed by atoms with E-state index in [-0.39, 0.29) is 5.91 Å². The van der Waals surface area contributed by atoms with E-state index in [9.17, 15) is 9.59 Å². The van der Waals surface area contributed by atoms with E-state index in [4.69, 9.17) is 4.74 Å². The van der Waals surface area contributed by atoms with Gasteiger partial charge in [0.15, 0.2) is 0 Å². The fourth-order valence-electron chi connectivity index (χ4n) is 2.78. The normalized spacial score (nSPS) is 10.4. The third kappa shape index (κ3) is 5.74. The SMILES string of the molecule is CCOC(=O)Nc1ccc(C(=O)Nc2ccc(N(CC)C(C)C)cc2)cc1. The standard InChI is InChI=1S/C21H27N3O3/c1-5-24(15(3)4)19-13-11-17(12-14-19)22-20(25)16-7-9-18(10-8-16)23-21(26)27-6-2/h7-15H,5-6H2,1-4H3,(H,22,25)(H,23,26). The van der Waals surface area contributed by atoms with Gasteiger partial charge >= 0.3 is 6.09 Å². The Kier molecular flexibility index (Phi) is 7.23. The molecule has 27 heavy (non-hydrogen) atoms. The highest BCUT2D eigenvalue weighted by Crippen LogP contribution is 2.20. The fourth-order valence-corrected chi connectivity index (χ4v) is 2.78. The minimum Gasteiger partial charge on any atom is -0.450 e. The third-order valence-corrected chi connectivity index (χ3v) is 4.09. The number of amides is 2. The highest BCUT2D eigenvalue weighted by atomic mass is 16.5. The molecule has 0 saturated carbocycles. The summed E-state index contributed by atoms with van der Waals surface area (Å²) in [6.07, 6.45) is -0.516. The van der Waals surface area contributed by atoms with Crippen LogP contribution < -0.4 is 15.5 Å². The molecule has 2 rings (SSSR count). The summed E-state index contributed by atoms with van der Waals surface area (Å²) in [5, 5.41) is 5.48. The average Bonchev–Trinajstić information content (AvgIpc) is 2.64. The number of hydrogen-bond acceptors (Lipinski definition) is 4. The minimum atomic E-state index is -0.516. The molecule has 2 amide bonds. The van der Waals surface area contributed by atoms with Crippen molar-refractivity contribution in [1.29, 1.82) is 0 Å². The van der Waals surface area contributed by atoms with Gasteiger partial charge in [0.05, 0.1) is 6.61 Å². The Morgan fingerprint density at radius 3 is 2.00 bits per heavy atom. The first-order valence-electron chi connectivity index (χ1n) is 9.16. The van der Waals surface area contributed by atoms with Crippen LogP contribution in [0.15, 0.2) is 48.5 Å². The van der Waals surface area contributed by atoms with Crippen molar-refractivity contribution >= 4 is 29.1 Å². The van der Waals surface area contributed by atoms with Gasteiger partial charge in [-0.15, -0.1) is 0 Å². The summed E-state index contributed by atoms with van der Waals surface area (Å²) in [6, 6.07) is 14.9. The maximum absolute atomic E-state index is 12.4. The van der Waals surface area contributed by atoms with Gasteiger partial charge in [0.2, 0.25) is 0 Å². The number of ether oxygens (including phenoxy) is 1. The first kappa shape index (κ1) is 20.3. The van der Waals surface area contributed by atoms with Crippen molar-refractivity contribution < 1.29 is 14.3 Å². The molecule has 0 spiro atoms. The van der Waals surface area contributed by atoms with E-state index in [1.807, 2.05) is 24.3 Å². The molecule has 2 N–H and O–H groups in total. The molecule has 6 heteroatoms. The van der Waals surface area contributed by atoms with E-state index < -0.39 is 6.09 Å². The van der Waals surface area contributed by atoms with Crippen LogP contribution in [0.1, 0.15) is 38.1 Å². The Bertz CT molecular complexity index is 755. The highest BCUT2D eigenvalue weighted by molar-refractivity contribution is 6.04. The van der Waals surface area contributed by atoms with Crippen LogP contribution in [0.5, 0.6) is 0 Å². The molecule has 0 aliphatic carbocycles. The van der Waals surface area contributed by atoms with E-state index in [0.717, 1.165) is 17.9 Å². The van der Waals surface area contributed by atoms with Crippen molar-refractivity contribution in [3.8, 4) is 0 Å². The molecule has 144 valence electrons. The van der Waals surface area contributed by atoms with Crippen LogP contribution in [-0.4, -0.2) is 31.2 Å². The lowest BCUT2D eigenvalue weighted by Crippen LogP contribution is -2.30. The van der Waals surface area contributed by atoms with Crippen LogP contribution >= 0.6 is 0 Å². The molecule has 2 aromatic carbocycles. The van der Waals surface area contributed by atoms with Crippen molar-refractivity contribution in [2.45, 2.75) is 33.7 Å². The molecule has 0 fully saturated rings. The van der Waals surface area contributed by atoms with Gasteiger partial charge in [0, 0.05) is 35.2 Å². The summed E-state index contributed by atoms with van der Waals surface area (Å²) >= 11 is 0. The van der Waals surface area contributed by atoms with E-state index in [1.54, 1.807) is 31.2 Å². The number of benzene rings is 2. The lowest BCUT2D eigenvalue weighted by Gasteiger charge is -2.27. The zero-order valence-electron chi connectivity index (χ0n) is 16.3. The molecule has 6 nitrogen and oxygen atoms in total. The van der Waals surface area contributed by atoms with Gasteiger partial charge in [-0.05, 0) is 76.2 Å². The lowest BCUT2D eigenvalue weighted by molar-refractivity contribution is 0.102. The number of rotatable bonds is 7. The zero-order valence-corrected chi connectivity index (χ0v) is 16.3. The van der Waals surface area contributed by atoms with Gasteiger partial charge in [0.25, 0.3) is 5.91 Å². The molecule has 0 radical (unpaired) electrons. The van der Waals surface area contributed by atoms with E-state index >= 15 is 0 Å². The van der Waals surface area contributed by atoms with Crippen LogP contribution in [0.4, 0.5) is 21.9 Å². The molecule has 0 atom stereocenters. The summed E-state index contributed by atoms with van der Waals surface area (Å²) in [7, 11) is 0. The quantitative estimate of drug-likeness (QED) is 0.739. The van der Waals surface area contributed by atoms with Gasteiger partial charge < -0.3 is 15.0 Å². The fraction of sp³-hybridized carbons (Fsp3) is 0.333. The maximum atomic E-state index is 12.4. The van der Waals surface area contributed by atoms with Crippen molar-refractivity contribution in [1.82, 2.24) is 0 Å². The van der Waals surface area contributed by atoms with Gasteiger partial charge in [-0.1, -0.05) is 0 Å². The first-order valence-corrected chi connectivity index (χ1v) is 9.16. The van der Waals surface area contributed by atoms with Crippen molar-refractivity contribution in [2.24, 2.45) is 0 Å².